The average molecular weight is 349 g/mol. The van der Waals surface area contributed by atoms with Gasteiger partial charge in [-0.25, -0.2) is 4.90 Å². The van der Waals surface area contributed by atoms with E-state index in [9.17, 15) is 9.59 Å². The third-order valence-electron chi connectivity index (χ3n) is 5.30. The molecule has 5 nitrogen and oxygen atoms in total. The fourth-order valence-corrected chi connectivity index (χ4v) is 3.66. The number of imide groups is 1. The van der Waals surface area contributed by atoms with Gasteiger partial charge in [0.1, 0.15) is 0 Å². The van der Waals surface area contributed by atoms with Crippen LogP contribution in [0.5, 0.6) is 0 Å². The second kappa shape index (κ2) is 7.02. The highest BCUT2D eigenvalue weighted by atomic mass is 16.2. The molecule has 134 valence electrons. The number of benzene rings is 2. The number of likely N-dealkylation sites (tertiary alicyclic amines) is 1. The van der Waals surface area contributed by atoms with E-state index in [-0.39, 0.29) is 11.8 Å². The van der Waals surface area contributed by atoms with Crippen LogP contribution in [0.2, 0.25) is 0 Å². The molecule has 0 bridgehead atoms. The Hall–Kier alpha value is -2.50. The number of nitrogens with one attached hydrogen (secondary N) is 1. The van der Waals surface area contributed by atoms with Crippen molar-refractivity contribution in [1.29, 1.82) is 0 Å². The maximum atomic E-state index is 12.5. The Morgan fingerprint density at radius 2 is 1.50 bits per heavy atom. The molecule has 2 amide bonds. The molecule has 2 heterocycles. The second-order valence-electron chi connectivity index (χ2n) is 7.12. The van der Waals surface area contributed by atoms with E-state index in [1.807, 2.05) is 24.3 Å². The highest BCUT2D eigenvalue weighted by molar-refractivity contribution is 6.34. The minimum atomic E-state index is -0.247. The van der Waals surface area contributed by atoms with Crippen molar-refractivity contribution in [2.45, 2.75) is 25.4 Å². The molecular weight excluding hydrogens is 326 g/mol. The molecule has 1 fully saturated rings. The lowest BCUT2D eigenvalue weighted by Crippen LogP contribution is -2.40. The standard InChI is InChI=1S/C21H23N3O2/c1-23-12-10-16(11-13-23)22-14-15-6-8-17(9-7-15)24-20(25)18-4-2-3-5-19(18)21(24)26/h2-9,16,22H,10-14H2,1H3. The predicted molar refractivity (Wildman–Crippen MR) is 101 cm³/mol. The first-order chi connectivity index (χ1) is 12.6. The number of hydrogen-bond donors (Lipinski definition) is 1. The molecule has 4 rings (SSSR count). The quantitative estimate of drug-likeness (QED) is 0.863. The molecule has 1 N–H and O–H groups in total. The Balaban J connectivity index is 1.42. The number of piperidine rings is 1. The molecule has 26 heavy (non-hydrogen) atoms. The van der Waals surface area contributed by atoms with E-state index in [2.05, 4.69) is 17.3 Å². The van der Waals surface area contributed by atoms with Crippen molar-refractivity contribution < 1.29 is 9.59 Å². The summed E-state index contributed by atoms with van der Waals surface area (Å²) in [4.78, 5) is 28.7. The van der Waals surface area contributed by atoms with Gasteiger partial charge < -0.3 is 10.2 Å². The van der Waals surface area contributed by atoms with Gasteiger partial charge in [-0.1, -0.05) is 24.3 Å². The molecular formula is C21H23N3O2. The summed E-state index contributed by atoms with van der Waals surface area (Å²) in [6, 6.07) is 15.2. The fraction of sp³-hybridized carbons (Fsp3) is 0.333. The normalized spacial score (nSPS) is 18.4. The van der Waals surface area contributed by atoms with Crippen LogP contribution in [0.3, 0.4) is 0 Å². The van der Waals surface area contributed by atoms with E-state index < -0.39 is 0 Å². The Morgan fingerprint density at radius 3 is 2.08 bits per heavy atom. The van der Waals surface area contributed by atoms with E-state index >= 15 is 0 Å². The number of fused-ring (bicyclic) bond motifs is 1. The molecule has 1 saturated heterocycles. The minimum Gasteiger partial charge on any atom is -0.310 e. The molecule has 0 unspecified atom stereocenters. The zero-order chi connectivity index (χ0) is 18.1. The molecule has 0 atom stereocenters. The first-order valence-electron chi connectivity index (χ1n) is 9.12. The van der Waals surface area contributed by atoms with E-state index in [0.29, 0.717) is 22.9 Å². The van der Waals surface area contributed by atoms with Crippen LogP contribution in [0.4, 0.5) is 5.69 Å². The van der Waals surface area contributed by atoms with Gasteiger partial charge >= 0.3 is 0 Å². The van der Waals surface area contributed by atoms with Crippen molar-refractivity contribution in [2.75, 3.05) is 25.0 Å². The van der Waals surface area contributed by atoms with Crippen LogP contribution in [0, 0.1) is 0 Å². The lowest BCUT2D eigenvalue weighted by atomic mass is 10.1. The number of hydrogen-bond acceptors (Lipinski definition) is 4. The number of carbonyl (C=O) groups is 2. The Bertz CT molecular complexity index is 788. The summed E-state index contributed by atoms with van der Waals surface area (Å²) in [5, 5.41) is 3.60. The van der Waals surface area contributed by atoms with E-state index in [1.54, 1.807) is 24.3 Å². The molecule has 5 heteroatoms. The molecule has 2 aromatic rings. The van der Waals surface area contributed by atoms with Crippen LogP contribution in [-0.2, 0) is 6.54 Å². The van der Waals surface area contributed by atoms with Crippen molar-refractivity contribution in [3.63, 3.8) is 0 Å². The Morgan fingerprint density at radius 1 is 0.923 bits per heavy atom. The van der Waals surface area contributed by atoms with Crippen molar-refractivity contribution in [3.8, 4) is 0 Å². The van der Waals surface area contributed by atoms with Gasteiger partial charge in [0.25, 0.3) is 11.8 Å². The van der Waals surface area contributed by atoms with Gasteiger partial charge in [-0.15, -0.1) is 0 Å². The number of nitrogens with zero attached hydrogens (tertiary/aromatic N) is 2. The second-order valence-corrected chi connectivity index (χ2v) is 7.12. The van der Waals surface area contributed by atoms with Crippen LogP contribution in [0.15, 0.2) is 48.5 Å². The first-order valence-corrected chi connectivity index (χ1v) is 9.12. The van der Waals surface area contributed by atoms with Crippen LogP contribution in [0.25, 0.3) is 0 Å². The van der Waals surface area contributed by atoms with Gasteiger partial charge in [-0.3, -0.25) is 9.59 Å². The smallest absolute Gasteiger partial charge is 0.266 e. The summed E-state index contributed by atoms with van der Waals surface area (Å²) < 4.78 is 0. The zero-order valence-corrected chi connectivity index (χ0v) is 14.9. The molecule has 0 aromatic heterocycles. The molecule has 0 saturated carbocycles. The third-order valence-corrected chi connectivity index (χ3v) is 5.30. The SMILES string of the molecule is CN1CCC(NCc2ccc(N3C(=O)c4ccccc4C3=O)cc2)CC1. The van der Waals surface area contributed by atoms with Crippen molar-refractivity contribution >= 4 is 17.5 Å². The minimum absolute atomic E-state index is 0.247. The van der Waals surface area contributed by atoms with Gasteiger partial charge in [-0.2, -0.15) is 0 Å². The Labute approximate surface area is 153 Å². The third kappa shape index (κ3) is 3.16. The zero-order valence-electron chi connectivity index (χ0n) is 14.9. The molecule has 2 aliphatic heterocycles. The van der Waals surface area contributed by atoms with Gasteiger partial charge in [0.15, 0.2) is 0 Å². The summed E-state index contributed by atoms with van der Waals surface area (Å²) in [6.07, 6.45) is 2.34. The molecule has 0 radical (unpaired) electrons. The highest BCUT2D eigenvalue weighted by Crippen LogP contribution is 2.28. The summed E-state index contributed by atoms with van der Waals surface area (Å²) in [7, 11) is 2.16. The van der Waals surface area contributed by atoms with Crippen molar-refractivity contribution in [2.24, 2.45) is 0 Å². The van der Waals surface area contributed by atoms with Gasteiger partial charge in [0.2, 0.25) is 0 Å². The molecule has 0 spiro atoms. The predicted octanol–water partition coefficient (Wildman–Crippen LogP) is 2.67. The van der Waals surface area contributed by atoms with Crippen LogP contribution in [-0.4, -0.2) is 42.9 Å². The molecule has 2 aliphatic rings. The average Bonchev–Trinajstić information content (AvgIpc) is 2.93. The first kappa shape index (κ1) is 16.9. The number of anilines is 1. The van der Waals surface area contributed by atoms with Crippen LogP contribution < -0.4 is 10.2 Å². The summed E-state index contributed by atoms with van der Waals surface area (Å²) in [5.74, 6) is -0.495. The highest BCUT2D eigenvalue weighted by Gasteiger charge is 2.36. The van der Waals surface area contributed by atoms with Gasteiger partial charge in [0.05, 0.1) is 16.8 Å². The van der Waals surface area contributed by atoms with Crippen molar-refractivity contribution in [3.05, 3.63) is 65.2 Å². The maximum absolute atomic E-state index is 12.5. The topological polar surface area (TPSA) is 52.6 Å². The summed E-state index contributed by atoms with van der Waals surface area (Å²) in [5.41, 5.74) is 2.74. The summed E-state index contributed by atoms with van der Waals surface area (Å²) in [6.45, 7) is 3.07. The molecule has 2 aromatic carbocycles. The Kier molecular flexibility index (Phi) is 4.57. The lowest BCUT2D eigenvalue weighted by molar-refractivity contribution is 0.0926. The monoisotopic (exact) mass is 349 g/mol. The van der Waals surface area contributed by atoms with E-state index in [0.717, 1.165) is 25.2 Å². The largest absolute Gasteiger partial charge is 0.310 e. The molecule has 0 aliphatic carbocycles. The van der Waals surface area contributed by atoms with Gasteiger partial charge in [-0.05, 0) is 62.8 Å². The van der Waals surface area contributed by atoms with Crippen molar-refractivity contribution in [1.82, 2.24) is 10.2 Å². The van der Waals surface area contributed by atoms with Gasteiger partial charge in [0, 0.05) is 12.6 Å². The van der Waals surface area contributed by atoms with E-state index in [1.165, 1.54) is 17.7 Å². The van der Waals surface area contributed by atoms with Crippen LogP contribution >= 0.6 is 0 Å². The summed E-state index contributed by atoms with van der Waals surface area (Å²) >= 11 is 0. The number of amides is 2. The lowest BCUT2D eigenvalue weighted by Gasteiger charge is -2.29. The maximum Gasteiger partial charge on any atom is 0.266 e. The van der Waals surface area contributed by atoms with E-state index in [4.69, 9.17) is 0 Å². The fourth-order valence-electron chi connectivity index (χ4n) is 3.66. The number of carbonyl (C=O) groups excluding carboxylic acids is 2. The number of rotatable bonds is 4. The van der Waals surface area contributed by atoms with Crippen LogP contribution in [0.1, 0.15) is 39.1 Å².